The molecular formula is C11H16N2O2. The third kappa shape index (κ3) is 2.94. The van der Waals surface area contributed by atoms with E-state index in [-0.39, 0.29) is 5.56 Å². The number of hydrogen-bond acceptors (Lipinski definition) is 3. The van der Waals surface area contributed by atoms with Gasteiger partial charge in [0.25, 0.3) is 0 Å². The van der Waals surface area contributed by atoms with Crippen LogP contribution >= 0.6 is 0 Å². The predicted octanol–water partition coefficient (Wildman–Crippen LogP) is 2.02. The number of pyridine rings is 1. The van der Waals surface area contributed by atoms with Crippen molar-refractivity contribution >= 4 is 11.8 Å². The zero-order valence-corrected chi connectivity index (χ0v) is 9.10. The monoisotopic (exact) mass is 208 g/mol. The van der Waals surface area contributed by atoms with E-state index in [9.17, 15) is 4.79 Å². The first kappa shape index (κ1) is 11.5. The van der Waals surface area contributed by atoms with Gasteiger partial charge in [0.05, 0.1) is 5.56 Å². The van der Waals surface area contributed by atoms with E-state index in [0.29, 0.717) is 0 Å². The van der Waals surface area contributed by atoms with Crippen LogP contribution in [0, 0.1) is 0 Å². The van der Waals surface area contributed by atoms with Crippen LogP contribution in [0.25, 0.3) is 0 Å². The summed E-state index contributed by atoms with van der Waals surface area (Å²) in [7, 11) is 0. The number of aromatic carboxylic acids is 1. The molecule has 1 rings (SSSR count). The highest BCUT2D eigenvalue weighted by atomic mass is 16.4. The summed E-state index contributed by atoms with van der Waals surface area (Å²) in [5.74, 6) is -0.176. The van der Waals surface area contributed by atoms with Crippen molar-refractivity contribution in [3.8, 4) is 0 Å². The minimum absolute atomic E-state index is 0.287. The molecule has 0 radical (unpaired) electrons. The topological polar surface area (TPSA) is 53.4 Å². The second kappa shape index (κ2) is 5.34. The summed E-state index contributed by atoms with van der Waals surface area (Å²) in [4.78, 5) is 17.0. The Labute approximate surface area is 89.6 Å². The molecule has 0 amide bonds. The summed E-state index contributed by atoms with van der Waals surface area (Å²) in [5.41, 5.74) is 0.287. The van der Waals surface area contributed by atoms with E-state index in [4.69, 9.17) is 5.11 Å². The van der Waals surface area contributed by atoms with Gasteiger partial charge in [-0.3, -0.25) is 0 Å². The molecule has 0 aromatic carbocycles. The largest absolute Gasteiger partial charge is 0.478 e. The Balaban J connectivity index is 2.92. The minimum Gasteiger partial charge on any atom is -0.478 e. The van der Waals surface area contributed by atoms with Gasteiger partial charge in [0, 0.05) is 19.3 Å². The number of carboxylic acids is 1. The average molecular weight is 208 g/mol. The molecule has 0 spiro atoms. The Morgan fingerprint density at radius 2 is 2.27 bits per heavy atom. The maximum atomic E-state index is 10.8. The molecule has 0 atom stereocenters. The molecule has 0 unspecified atom stereocenters. The van der Waals surface area contributed by atoms with Crippen molar-refractivity contribution < 1.29 is 9.90 Å². The molecule has 0 aliphatic rings. The molecular weight excluding hydrogens is 192 g/mol. The van der Waals surface area contributed by atoms with Crippen LogP contribution in [-0.2, 0) is 0 Å². The normalized spacial score (nSPS) is 10.0. The van der Waals surface area contributed by atoms with Crippen molar-refractivity contribution in [3.63, 3.8) is 0 Å². The van der Waals surface area contributed by atoms with Gasteiger partial charge in [0.15, 0.2) is 0 Å². The van der Waals surface area contributed by atoms with E-state index >= 15 is 0 Å². The number of carbonyl (C=O) groups is 1. The lowest BCUT2D eigenvalue weighted by atomic mass is 10.2. The average Bonchev–Trinajstić information content (AvgIpc) is 2.26. The highest BCUT2D eigenvalue weighted by Crippen LogP contribution is 2.12. The highest BCUT2D eigenvalue weighted by Gasteiger charge is 2.08. The van der Waals surface area contributed by atoms with Crippen molar-refractivity contribution in [2.45, 2.75) is 20.3 Å². The summed E-state index contributed by atoms with van der Waals surface area (Å²) < 4.78 is 0. The SMILES string of the molecule is CCCN(CC)c1cc(C(=O)O)ccn1. The summed E-state index contributed by atoms with van der Waals surface area (Å²) >= 11 is 0. The molecule has 4 nitrogen and oxygen atoms in total. The zero-order valence-electron chi connectivity index (χ0n) is 9.10. The van der Waals surface area contributed by atoms with Gasteiger partial charge in [-0.1, -0.05) is 6.92 Å². The summed E-state index contributed by atoms with van der Waals surface area (Å²) in [6, 6.07) is 3.12. The van der Waals surface area contributed by atoms with E-state index in [2.05, 4.69) is 16.8 Å². The molecule has 4 heteroatoms. The molecule has 0 saturated carbocycles. The smallest absolute Gasteiger partial charge is 0.335 e. The van der Waals surface area contributed by atoms with Crippen molar-refractivity contribution in [1.29, 1.82) is 0 Å². The zero-order chi connectivity index (χ0) is 11.3. The van der Waals surface area contributed by atoms with Gasteiger partial charge in [-0.2, -0.15) is 0 Å². The van der Waals surface area contributed by atoms with E-state index in [1.54, 1.807) is 6.07 Å². The first-order chi connectivity index (χ1) is 7.19. The maximum Gasteiger partial charge on any atom is 0.335 e. The first-order valence-electron chi connectivity index (χ1n) is 5.13. The highest BCUT2D eigenvalue weighted by molar-refractivity contribution is 5.88. The molecule has 82 valence electrons. The van der Waals surface area contributed by atoms with E-state index < -0.39 is 5.97 Å². The second-order valence-electron chi connectivity index (χ2n) is 3.29. The third-order valence-corrected chi connectivity index (χ3v) is 2.19. The lowest BCUT2D eigenvalue weighted by molar-refractivity contribution is 0.0697. The van der Waals surface area contributed by atoms with E-state index in [0.717, 1.165) is 25.3 Å². The lowest BCUT2D eigenvalue weighted by Gasteiger charge is -2.21. The summed E-state index contributed by atoms with van der Waals surface area (Å²) in [6.45, 7) is 5.85. The van der Waals surface area contributed by atoms with Gasteiger partial charge in [-0.15, -0.1) is 0 Å². The van der Waals surface area contributed by atoms with Crippen LogP contribution < -0.4 is 4.90 Å². The number of hydrogen-bond donors (Lipinski definition) is 1. The van der Waals surface area contributed by atoms with Crippen molar-refractivity contribution in [2.75, 3.05) is 18.0 Å². The fourth-order valence-corrected chi connectivity index (χ4v) is 1.43. The van der Waals surface area contributed by atoms with Crippen LogP contribution in [0.5, 0.6) is 0 Å². The maximum absolute atomic E-state index is 10.8. The van der Waals surface area contributed by atoms with Gasteiger partial charge >= 0.3 is 5.97 Å². The number of nitrogens with zero attached hydrogens (tertiary/aromatic N) is 2. The minimum atomic E-state index is -0.911. The molecule has 1 aromatic heterocycles. The number of carboxylic acid groups (broad SMARTS) is 1. The van der Waals surface area contributed by atoms with Gasteiger partial charge < -0.3 is 10.0 Å². The van der Waals surface area contributed by atoms with Crippen LogP contribution in [0.1, 0.15) is 30.6 Å². The Morgan fingerprint density at radius 1 is 1.53 bits per heavy atom. The molecule has 0 saturated heterocycles. The van der Waals surface area contributed by atoms with Crippen LogP contribution in [-0.4, -0.2) is 29.1 Å². The van der Waals surface area contributed by atoms with Gasteiger partial charge in [0.2, 0.25) is 0 Å². The molecule has 15 heavy (non-hydrogen) atoms. The predicted molar refractivity (Wildman–Crippen MR) is 59.4 cm³/mol. The molecule has 1 N–H and O–H groups in total. The summed E-state index contributed by atoms with van der Waals surface area (Å²) in [5, 5.41) is 8.85. The molecule has 0 bridgehead atoms. The Kier molecular flexibility index (Phi) is 4.09. The fraction of sp³-hybridized carbons (Fsp3) is 0.455. The van der Waals surface area contributed by atoms with Crippen molar-refractivity contribution in [1.82, 2.24) is 4.98 Å². The van der Waals surface area contributed by atoms with E-state index in [1.165, 1.54) is 12.3 Å². The summed E-state index contributed by atoms with van der Waals surface area (Å²) in [6.07, 6.45) is 2.56. The number of anilines is 1. The Hall–Kier alpha value is -1.58. The van der Waals surface area contributed by atoms with Crippen LogP contribution in [0.2, 0.25) is 0 Å². The Morgan fingerprint density at radius 3 is 2.80 bits per heavy atom. The van der Waals surface area contributed by atoms with E-state index in [1.807, 2.05) is 6.92 Å². The standard InChI is InChI=1S/C11H16N2O2/c1-3-7-13(4-2)10-8-9(11(14)15)5-6-12-10/h5-6,8H,3-4,7H2,1-2H3,(H,14,15). The molecule has 0 aliphatic heterocycles. The Bertz CT molecular complexity index is 339. The molecule has 1 aromatic rings. The lowest BCUT2D eigenvalue weighted by Crippen LogP contribution is -2.24. The van der Waals surface area contributed by atoms with Crippen LogP contribution in [0.15, 0.2) is 18.3 Å². The van der Waals surface area contributed by atoms with Gasteiger partial charge in [-0.05, 0) is 25.5 Å². The van der Waals surface area contributed by atoms with Gasteiger partial charge in [-0.25, -0.2) is 9.78 Å². The third-order valence-electron chi connectivity index (χ3n) is 2.19. The van der Waals surface area contributed by atoms with Crippen LogP contribution in [0.4, 0.5) is 5.82 Å². The fourth-order valence-electron chi connectivity index (χ4n) is 1.43. The van der Waals surface area contributed by atoms with Crippen LogP contribution in [0.3, 0.4) is 0 Å². The molecule has 0 aliphatic carbocycles. The molecule has 0 fully saturated rings. The number of aromatic nitrogens is 1. The number of rotatable bonds is 5. The van der Waals surface area contributed by atoms with Crippen molar-refractivity contribution in [2.24, 2.45) is 0 Å². The first-order valence-corrected chi connectivity index (χ1v) is 5.13. The van der Waals surface area contributed by atoms with Gasteiger partial charge in [0.1, 0.15) is 5.82 Å². The quantitative estimate of drug-likeness (QED) is 0.804. The van der Waals surface area contributed by atoms with Crippen molar-refractivity contribution in [3.05, 3.63) is 23.9 Å². The second-order valence-corrected chi connectivity index (χ2v) is 3.29. The molecule has 1 heterocycles.